The van der Waals surface area contributed by atoms with Crippen LogP contribution in [0.1, 0.15) is 30.4 Å². The third-order valence-electron chi connectivity index (χ3n) is 8.37. The Labute approximate surface area is 159 Å². The van der Waals surface area contributed by atoms with E-state index >= 15 is 0 Å². The van der Waals surface area contributed by atoms with Crippen LogP contribution < -0.4 is 5.73 Å². The average Bonchev–Trinajstić information content (AvgIpc) is 2.61. The Morgan fingerprint density at radius 2 is 1.65 bits per heavy atom. The van der Waals surface area contributed by atoms with E-state index in [0.717, 1.165) is 17.8 Å². The minimum Gasteiger partial charge on any atom is -0.393 e. The number of benzene rings is 2. The van der Waals surface area contributed by atoms with E-state index in [1.807, 2.05) is 0 Å². The number of hydrogen-bond donors (Lipinski definition) is 1. The largest absolute Gasteiger partial charge is 0.393 e. The van der Waals surface area contributed by atoms with Crippen molar-refractivity contribution in [2.24, 2.45) is 28.4 Å². The molecule has 3 heteroatoms. The Morgan fingerprint density at radius 3 is 2.31 bits per heavy atom. The standard InChI is InChI=1S/C23H23NOS/c24-20(26)22-12-18-19(25-13-15-7-3-1-4-8-15)17-11-21(14-22,23(17,18)22)16-9-5-2-6-10-16/h1-10,17-19H,11-14H2,(H2,24,26). The molecule has 6 unspecified atom stereocenters. The van der Waals surface area contributed by atoms with Crippen molar-refractivity contribution in [1.82, 2.24) is 0 Å². The fourth-order valence-electron chi connectivity index (χ4n) is 7.67. The molecule has 1 spiro atoms. The molecular weight excluding hydrogens is 338 g/mol. The molecule has 4 aliphatic rings. The van der Waals surface area contributed by atoms with Crippen LogP contribution in [0.5, 0.6) is 0 Å². The van der Waals surface area contributed by atoms with Crippen molar-refractivity contribution in [2.75, 3.05) is 0 Å². The Bertz CT molecular complexity index is 891. The monoisotopic (exact) mass is 361 g/mol. The van der Waals surface area contributed by atoms with Crippen molar-refractivity contribution in [3.8, 4) is 0 Å². The van der Waals surface area contributed by atoms with Gasteiger partial charge in [-0.2, -0.15) is 0 Å². The molecular formula is C23H23NOS. The molecule has 132 valence electrons. The number of thiocarbonyl (C=S) groups is 1. The summed E-state index contributed by atoms with van der Waals surface area (Å²) in [7, 11) is 0. The highest BCUT2D eigenvalue weighted by molar-refractivity contribution is 7.80. The lowest BCUT2D eigenvalue weighted by atomic mass is 9.07. The molecule has 0 aromatic heterocycles. The molecule has 0 bridgehead atoms. The van der Waals surface area contributed by atoms with E-state index in [1.54, 1.807) is 0 Å². The van der Waals surface area contributed by atoms with Crippen molar-refractivity contribution < 1.29 is 4.74 Å². The summed E-state index contributed by atoms with van der Waals surface area (Å²) in [5, 5.41) is 0. The second-order valence-corrected chi connectivity index (χ2v) is 9.26. The highest BCUT2D eigenvalue weighted by Gasteiger charge is 2.97. The van der Waals surface area contributed by atoms with Crippen molar-refractivity contribution in [2.45, 2.75) is 37.4 Å². The van der Waals surface area contributed by atoms with E-state index in [4.69, 9.17) is 22.7 Å². The number of rotatable bonds is 5. The average molecular weight is 362 g/mol. The van der Waals surface area contributed by atoms with Crippen LogP contribution in [-0.4, -0.2) is 11.1 Å². The van der Waals surface area contributed by atoms with E-state index in [2.05, 4.69) is 60.7 Å². The molecule has 2 aromatic rings. The summed E-state index contributed by atoms with van der Waals surface area (Å²) in [6.07, 6.45) is 3.90. The Morgan fingerprint density at radius 1 is 1.00 bits per heavy atom. The van der Waals surface area contributed by atoms with E-state index in [1.165, 1.54) is 17.5 Å². The predicted octanol–water partition coefficient (Wildman–Crippen LogP) is 4.23. The highest BCUT2D eigenvalue weighted by atomic mass is 32.1. The van der Waals surface area contributed by atoms with Crippen LogP contribution in [0.15, 0.2) is 60.7 Å². The molecule has 0 heterocycles. The highest BCUT2D eigenvalue weighted by Crippen LogP contribution is 2.97. The SMILES string of the molecule is NC(=S)C12CC3C(OCc4ccccc4)C4CC(c5ccccc5)(C1)C342. The van der Waals surface area contributed by atoms with Gasteiger partial charge in [0.1, 0.15) is 0 Å². The van der Waals surface area contributed by atoms with E-state index < -0.39 is 0 Å². The molecule has 0 amide bonds. The minimum absolute atomic E-state index is 0.109. The summed E-state index contributed by atoms with van der Waals surface area (Å²) in [6, 6.07) is 21.6. The van der Waals surface area contributed by atoms with Crippen LogP contribution in [0.3, 0.4) is 0 Å². The van der Waals surface area contributed by atoms with Gasteiger partial charge >= 0.3 is 0 Å². The minimum atomic E-state index is 0.109. The van der Waals surface area contributed by atoms with Crippen LogP contribution in [-0.2, 0) is 16.8 Å². The van der Waals surface area contributed by atoms with Crippen LogP contribution in [0.2, 0.25) is 0 Å². The second kappa shape index (κ2) is 4.76. The molecule has 2 N–H and O–H groups in total. The van der Waals surface area contributed by atoms with Gasteiger partial charge in [-0.1, -0.05) is 72.9 Å². The Hall–Kier alpha value is -1.71. The summed E-state index contributed by atoms with van der Waals surface area (Å²) in [4.78, 5) is 0.756. The first-order valence-electron chi connectivity index (χ1n) is 9.67. The van der Waals surface area contributed by atoms with Gasteiger partial charge < -0.3 is 10.5 Å². The maximum atomic E-state index is 6.42. The van der Waals surface area contributed by atoms with Gasteiger partial charge in [0.25, 0.3) is 0 Å². The fourth-order valence-corrected chi connectivity index (χ4v) is 7.99. The van der Waals surface area contributed by atoms with Crippen molar-refractivity contribution >= 4 is 17.2 Å². The van der Waals surface area contributed by atoms with Crippen LogP contribution in [0.4, 0.5) is 0 Å². The molecule has 4 aliphatic carbocycles. The lowest BCUT2D eigenvalue weighted by Gasteiger charge is -2.96. The number of hydrogen-bond acceptors (Lipinski definition) is 2. The summed E-state index contributed by atoms with van der Waals surface area (Å²) in [5.74, 6) is 1.25. The first-order chi connectivity index (χ1) is 12.7. The lowest BCUT2D eigenvalue weighted by Crippen LogP contribution is -2.97. The Balaban J connectivity index is 1.29. The first-order valence-corrected chi connectivity index (χ1v) is 10.1. The predicted molar refractivity (Wildman–Crippen MR) is 106 cm³/mol. The van der Waals surface area contributed by atoms with Gasteiger partial charge in [-0.3, -0.25) is 0 Å². The maximum Gasteiger partial charge on any atom is 0.0796 e. The smallest absolute Gasteiger partial charge is 0.0796 e. The van der Waals surface area contributed by atoms with E-state index in [-0.39, 0.29) is 5.41 Å². The van der Waals surface area contributed by atoms with Gasteiger partial charge in [0.05, 0.1) is 17.7 Å². The van der Waals surface area contributed by atoms with Crippen molar-refractivity contribution in [1.29, 1.82) is 0 Å². The summed E-state index contributed by atoms with van der Waals surface area (Å²) < 4.78 is 6.42. The van der Waals surface area contributed by atoms with Crippen molar-refractivity contribution in [3.63, 3.8) is 0 Å². The van der Waals surface area contributed by atoms with Gasteiger partial charge in [-0.25, -0.2) is 0 Å². The Kier molecular flexibility index (Phi) is 2.81. The van der Waals surface area contributed by atoms with Gasteiger partial charge in [0, 0.05) is 16.2 Å². The maximum absolute atomic E-state index is 6.42. The van der Waals surface area contributed by atoms with E-state index in [0.29, 0.717) is 35.4 Å². The van der Waals surface area contributed by atoms with Gasteiger partial charge in [-0.05, 0) is 42.2 Å². The molecule has 4 saturated carbocycles. The van der Waals surface area contributed by atoms with Gasteiger partial charge in [0.2, 0.25) is 0 Å². The molecule has 6 rings (SSSR count). The summed E-state index contributed by atoms with van der Waals surface area (Å²) in [5.41, 5.74) is 9.74. The zero-order chi connectivity index (χ0) is 17.6. The topological polar surface area (TPSA) is 35.2 Å². The lowest BCUT2D eigenvalue weighted by molar-refractivity contribution is -0.464. The van der Waals surface area contributed by atoms with Gasteiger partial charge in [-0.15, -0.1) is 0 Å². The van der Waals surface area contributed by atoms with Gasteiger partial charge in [0.15, 0.2) is 0 Å². The van der Waals surface area contributed by atoms with Crippen molar-refractivity contribution in [3.05, 3.63) is 71.8 Å². The van der Waals surface area contributed by atoms with Crippen LogP contribution in [0.25, 0.3) is 0 Å². The molecule has 26 heavy (non-hydrogen) atoms. The normalized spacial score (nSPS) is 43.6. The summed E-state index contributed by atoms with van der Waals surface area (Å²) >= 11 is 5.56. The summed E-state index contributed by atoms with van der Waals surface area (Å²) in [6.45, 7) is 0.715. The quantitative estimate of drug-likeness (QED) is 0.810. The zero-order valence-corrected chi connectivity index (χ0v) is 15.5. The molecule has 0 saturated heterocycles. The zero-order valence-electron chi connectivity index (χ0n) is 14.7. The molecule has 0 aliphatic heterocycles. The van der Waals surface area contributed by atoms with E-state index in [9.17, 15) is 0 Å². The number of ether oxygens (including phenoxy) is 1. The first kappa shape index (κ1) is 15.4. The second-order valence-electron chi connectivity index (χ2n) is 8.82. The molecule has 6 atom stereocenters. The van der Waals surface area contributed by atoms with Crippen LogP contribution in [0, 0.1) is 22.7 Å². The van der Waals surface area contributed by atoms with Crippen LogP contribution >= 0.6 is 12.2 Å². The molecule has 0 radical (unpaired) electrons. The number of nitrogens with two attached hydrogens (primary N) is 1. The molecule has 4 fully saturated rings. The molecule has 2 nitrogen and oxygen atoms in total. The fraction of sp³-hybridized carbons (Fsp3) is 0.435. The third-order valence-corrected chi connectivity index (χ3v) is 8.76. The molecule has 2 aromatic carbocycles. The third kappa shape index (κ3) is 1.39.